The fourth-order valence-corrected chi connectivity index (χ4v) is 2.31. The molecule has 0 N–H and O–H groups in total. The minimum absolute atomic E-state index is 0.0119. The maximum absolute atomic E-state index is 13.8. The monoisotopic (exact) mass is 232 g/mol. The van der Waals surface area contributed by atoms with Crippen molar-refractivity contribution in [2.45, 2.75) is 32.7 Å². The summed E-state index contributed by atoms with van der Waals surface area (Å²) in [5, 5.41) is 0. The number of benzene rings is 1. The van der Waals surface area contributed by atoms with Gasteiger partial charge in [-0.2, -0.15) is 0 Å². The SMILES string of the molecule is [C-]#[N+]c1cc2c(c(C)c1F)CCC(C)N2C=O. The summed E-state index contributed by atoms with van der Waals surface area (Å²) in [4.78, 5) is 15.8. The third kappa shape index (κ3) is 1.68. The Labute approximate surface area is 99.7 Å². The van der Waals surface area contributed by atoms with Crippen LogP contribution in [0.3, 0.4) is 0 Å². The van der Waals surface area contributed by atoms with Gasteiger partial charge in [0.2, 0.25) is 12.1 Å². The maximum Gasteiger partial charge on any atom is 0.224 e. The molecule has 0 fully saturated rings. The Balaban J connectivity index is 2.68. The molecule has 1 aliphatic heterocycles. The van der Waals surface area contributed by atoms with Gasteiger partial charge in [-0.15, -0.1) is 0 Å². The summed E-state index contributed by atoms with van der Waals surface area (Å²) in [6.07, 6.45) is 2.33. The molecule has 88 valence electrons. The van der Waals surface area contributed by atoms with Crippen molar-refractivity contribution in [1.82, 2.24) is 0 Å². The second kappa shape index (κ2) is 4.17. The quantitative estimate of drug-likeness (QED) is 0.539. The number of hydrogen-bond donors (Lipinski definition) is 0. The lowest BCUT2D eigenvalue weighted by Gasteiger charge is -2.33. The number of halogens is 1. The molecule has 0 radical (unpaired) electrons. The molecule has 0 spiro atoms. The van der Waals surface area contributed by atoms with E-state index in [0.717, 1.165) is 24.8 Å². The number of carbonyl (C=O) groups excluding carboxylic acids is 1. The zero-order valence-electron chi connectivity index (χ0n) is 9.83. The van der Waals surface area contributed by atoms with Crippen LogP contribution in [-0.4, -0.2) is 12.5 Å². The molecule has 1 aromatic carbocycles. The summed E-state index contributed by atoms with van der Waals surface area (Å²) >= 11 is 0. The van der Waals surface area contributed by atoms with Crippen molar-refractivity contribution in [3.05, 3.63) is 34.4 Å². The van der Waals surface area contributed by atoms with Gasteiger partial charge in [0.15, 0.2) is 0 Å². The highest BCUT2D eigenvalue weighted by Gasteiger charge is 2.26. The number of fused-ring (bicyclic) bond motifs is 1. The number of anilines is 1. The lowest BCUT2D eigenvalue weighted by molar-refractivity contribution is -0.107. The average molecular weight is 232 g/mol. The van der Waals surface area contributed by atoms with Crippen molar-refractivity contribution in [1.29, 1.82) is 0 Å². The zero-order valence-corrected chi connectivity index (χ0v) is 9.83. The molecule has 1 atom stereocenters. The molecule has 4 heteroatoms. The highest BCUT2D eigenvalue weighted by Crippen LogP contribution is 2.37. The average Bonchev–Trinajstić information content (AvgIpc) is 2.33. The molecule has 0 saturated carbocycles. The fourth-order valence-electron chi connectivity index (χ4n) is 2.31. The van der Waals surface area contributed by atoms with Crippen molar-refractivity contribution in [2.24, 2.45) is 0 Å². The predicted octanol–water partition coefficient (Wildman–Crippen LogP) is 2.98. The van der Waals surface area contributed by atoms with E-state index in [1.807, 2.05) is 6.92 Å². The lowest BCUT2D eigenvalue weighted by Crippen LogP contribution is -2.36. The highest BCUT2D eigenvalue weighted by atomic mass is 19.1. The molecule has 17 heavy (non-hydrogen) atoms. The topological polar surface area (TPSA) is 24.7 Å². The van der Waals surface area contributed by atoms with Gasteiger partial charge in [0.25, 0.3) is 0 Å². The van der Waals surface area contributed by atoms with E-state index < -0.39 is 5.82 Å². The summed E-state index contributed by atoms with van der Waals surface area (Å²) in [5.41, 5.74) is 2.01. The number of hydrogen-bond acceptors (Lipinski definition) is 1. The van der Waals surface area contributed by atoms with Gasteiger partial charge in [0.05, 0.1) is 6.57 Å². The van der Waals surface area contributed by atoms with Gasteiger partial charge in [-0.05, 0) is 43.9 Å². The van der Waals surface area contributed by atoms with Crippen molar-refractivity contribution < 1.29 is 9.18 Å². The van der Waals surface area contributed by atoms with E-state index >= 15 is 0 Å². The number of rotatable bonds is 1. The minimum atomic E-state index is -0.459. The predicted molar refractivity (Wildman–Crippen MR) is 63.7 cm³/mol. The molecular formula is C13H13FN2O. The van der Waals surface area contributed by atoms with E-state index in [4.69, 9.17) is 6.57 Å². The lowest BCUT2D eigenvalue weighted by atomic mass is 9.92. The molecule has 0 aromatic heterocycles. The van der Waals surface area contributed by atoms with Crippen molar-refractivity contribution >= 4 is 17.8 Å². The Bertz CT molecular complexity index is 519. The van der Waals surface area contributed by atoms with Crippen LogP contribution in [0.25, 0.3) is 4.85 Å². The molecule has 1 aromatic rings. The molecular weight excluding hydrogens is 219 g/mol. The molecule has 1 amide bonds. The van der Waals surface area contributed by atoms with Crippen LogP contribution in [0.1, 0.15) is 24.5 Å². The van der Waals surface area contributed by atoms with Crippen LogP contribution in [0.5, 0.6) is 0 Å². The Morgan fingerprint density at radius 1 is 1.65 bits per heavy atom. The number of amides is 1. The van der Waals surface area contributed by atoms with Gasteiger partial charge in [0, 0.05) is 11.7 Å². The third-order valence-electron chi connectivity index (χ3n) is 3.39. The summed E-state index contributed by atoms with van der Waals surface area (Å²) < 4.78 is 13.8. The van der Waals surface area contributed by atoms with Crippen molar-refractivity contribution in [2.75, 3.05) is 4.90 Å². The summed E-state index contributed by atoms with van der Waals surface area (Å²) in [5.74, 6) is -0.459. The highest BCUT2D eigenvalue weighted by molar-refractivity contribution is 5.82. The van der Waals surface area contributed by atoms with Crippen LogP contribution < -0.4 is 4.90 Å². The van der Waals surface area contributed by atoms with E-state index in [1.165, 1.54) is 6.07 Å². The maximum atomic E-state index is 13.8. The molecule has 0 aliphatic carbocycles. The first-order valence-corrected chi connectivity index (χ1v) is 5.53. The first-order valence-electron chi connectivity index (χ1n) is 5.53. The van der Waals surface area contributed by atoms with E-state index in [9.17, 15) is 9.18 Å². The fraction of sp³-hybridized carbons (Fsp3) is 0.385. The minimum Gasteiger partial charge on any atom is -0.313 e. The largest absolute Gasteiger partial charge is 0.313 e. The molecule has 1 aliphatic rings. The van der Waals surface area contributed by atoms with Crippen LogP contribution in [0.15, 0.2) is 6.07 Å². The van der Waals surface area contributed by atoms with Crippen molar-refractivity contribution in [3.63, 3.8) is 0 Å². The van der Waals surface area contributed by atoms with Crippen LogP contribution >= 0.6 is 0 Å². The number of carbonyl (C=O) groups is 1. The van der Waals surface area contributed by atoms with Gasteiger partial charge in [-0.25, -0.2) is 9.24 Å². The van der Waals surface area contributed by atoms with Gasteiger partial charge >= 0.3 is 0 Å². The molecule has 1 unspecified atom stereocenters. The Morgan fingerprint density at radius 2 is 2.35 bits per heavy atom. The summed E-state index contributed by atoms with van der Waals surface area (Å²) in [6.45, 7) is 10.6. The van der Waals surface area contributed by atoms with E-state index in [0.29, 0.717) is 11.3 Å². The molecule has 0 bridgehead atoms. The molecule has 1 heterocycles. The smallest absolute Gasteiger partial charge is 0.224 e. The normalized spacial score (nSPS) is 18.5. The summed E-state index contributed by atoms with van der Waals surface area (Å²) in [7, 11) is 0. The van der Waals surface area contributed by atoms with Crippen LogP contribution in [-0.2, 0) is 11.2 Å². The van der Waals surface area contributed by atoms with Gasteiger partial charge < -0.3 is 4.90 Å². The van der Waals surface area contributed by atoms with Gasteiger partial charge in [-0.1, -0.05) is 0 Å². The summed E-state index contributed by atoms with van der Waals surface area (Å²) in [6, 6.07) is 1.58. The second-order valence-corrected chi connectivity index (χ2v) is 4.34. The van der Waals surface area contributed by atoms with E-state index in [-0.39, 0.29) is 11.7 Å². The van der Waals surface area contributed by atoms with Crippen molar-refractivity contribution in [3.8, 4) is 0 Å². The molecule has 3 nitrogen and oxygen atoms in total. The molecule has 0 saturated heterocycles. The van der Waals surface area contributed by atoms with E-state index in [1.54, 1.807) is 11.8 Å². The first kappa shape index (κ1) is 11.6. The van der Waals surface area contributed by atoms with Gasteiger partial charge in [-0.3, -0.25) is 4.79 Å². The third-order valence-corrected chi connectivity index (χ3v) is 3.39. The second-order valence-electron chi connectivity index (χ2n) is 4.34. The zero-order chi connectivity index (χ0) is 12.6. The van der Waals surface area contributed by atoms with Gasteiger partial charge in [0.1, 0.15) is 5.82 Å². The standard InChI is InChI=1S/C13H13FN2O/c1-8-4-5-10-9(2)13(14)11(15-3)6-12(10)16(8)7-17/h6-8H,4-5H2,1-2H3. The Hall–Kier alpha value is -1.89. The number of nitrogens with zero attached hydrogens (tertiary/aromatic N) is 2. The van der Waals surface area contributed by atoms with Crippen LogP contribution in [0, 0.1) is 19.3 Å². The molecule has 2 rings (SSSR count). The van der Waals surface area contributed by atoms with E-state index in [2.05, 4.69) is 4.85 Å². The Morgan fingerprint density at radius 3 is 2.94 bits per heavy atom. The van der Waals surface area contributed by atoms with Crippen LogP contribution in [0.4, 0.5) is 15.8 Å². The van der Waals surface area contributed by atoms with Crippen LogP contribution in [0.2, 0.25) is 0 Å². The Kier molecular flexibility index (Phi) is 2.84. The first-order chi connectivity index (χ1) is 8.10.